The molecule has 1 fully saturated rings. The van der Waals surface area contributed by atoms with Crippen LogP contribution in [-0.2, 0) is 11.2 Å². The summed E-state index contributed by atoms with van der Waals surface area (Å²) < 4.78 is 0. The lowest BCUT2D eigenvalue weighted by molar-refractivity contribution is -0.132. The zero-order valence-corrected chi connectivity index (χ0v) is 15.0. The third-order valence-electron chi connectivity index (χ3n) is 4.75. The number of unbranched alkanes of at least 4 members (excludes halogenated alkanes) is 1. The van der Waals surface area contributed by atoms with Crippen LogP contribution in [0.3, 0.4) is 0 Å². The van der Waals surface area contributed by atoms with Crippen LogP contribution in [0.2, 0.25) is 0 Å². The number of hydrogen-bond acceptors (Lipinski definition) is 5. The summed E-state index contributed by atoms with van der Waals surface area (Å²) in [6.07, 6.45) is 6.98. The van der Waals surface area contributed by atoms with Gasteiger partial charge in [-0.25, -0.2) is 9.97 Å². The van der Waals surface area contributed by atoms with E-state index in [9.17, 15) is 4.79 Å². The van der Waals surface area contributed by atoms with Gasteiger partial charge in [0.25, 0.3) is 0 Å². The summed E-state index contributed by atoms with van der Waals surface area (Å²) in [5.41, 5.74) is 3.00. The molecular formula is C18H26N6O. The Morgan fingerprint density at radius 2 is 1.92 bits per heavy atom. The number of likely N-dealkylation sites (tertiary alicyclic amines) is 1. The lowest BCUT2D eigenvalue weighted by Crippen LogP contribution is -2.38. The minimum Gasteiger partial charge on any atom is -0.343 e. The van der Waals surface area contributed by atoms with E-state index in [-0.39, 0.29) is 5.91 Å². The van der Waals surface area contributed by atoms with Crippen LogP contribution in [0.1, 0.15) is 60.9 Å². The standard InChI is InChI=1S/C18H26N6O/c1-13-11-14(2)21-18(20-13)15-7-9-24(10-8-15)17(25)6-4-3-5-16-12-19-23-22-16/h11-12,15H,3-10H2,1-2H3,(H,19,22,23). The molecule has 0 spiro atoms. The van der Waals surface area contributed by atoms with Crippen molar-refractivity contribution in [2.24, 2.45) is 0 Å². The minimum absolute atomic E-state index is 0.264. The van der Waals surface area contributed by atoms with Gasteiger partial charge in [-0.3, -0.25) is 4.79 Å². The van der Waals surface area contributed by atoms with Gasteiger partial charge in [-0.05, 0) is 52.0 Å². The number of piperidine rings is 1. The van der Waals surface area contributed by atoms with Gasteiger partial charge in [0.1, 0.15) is 5.82 Å². The zero-order valence-electron chi connectivity index (χ0n) is 15.0. The molecule has 7 nitrogen and oxygen atoms in total. The third-order valence-corrected chi connectivity index (χ3v) is 4.75. The second-order valence-electron chi connectivity index (χ2n) is 6.83. The highest BCUT2D eigenvalue weighted by atomic mass is 16.2. The van der Waals surface area contributed by atoms with Gasteiger partial charge < -0.3 is 4.90 Å². The van der Waals surface area contributed by atoms with Crippen LogP contribution < -0.4 is 0 Å². The Balaban J connectivity index is 1.41. The SMILES string of the molecule is Cc1cc(C)nc(C2CCN(C(=O)CCCCc3cn[nH]n3)CC2)n1. The van der Waals surface area contributed by atoms with Crippen LogP contribution >= 0.6 is 0 Å². The van der Waals surface area contributed by atoms with E-state index in [4.69, 9.17) is 0 Å². The zero-order chi connectivity index (χ0) is 17.6. The second-order valence-corrected chi connectivity index (χ2v) is 6.83. The molecule has 1 aliphatic rings. The van der Waals surface area contributed by atoms with Gasteiger partial charge in [0.05, 0.1) is 11.9 Å². The number of H-pyrrole nitrogens is 1. The van der Waals surface area contributed by atoms with Gasteiger partial charge in [-0.1, -0.05) is 0 Å². The van der Waals surface area contributed by atoms with E-state index < -0.39 is 0 Å². The summed E-state index contributed by atoms with van der Waals surface area (Å²) in [7, 11) is 0. The van der Waals surface area contributed by atoms with Crippen LogP contribution in [0.4, 0.5) is 0 Å². The fourth-order valence-electron chi connectivity index (χ4n) is 3.41. The smallest absolute Gasteiger partial charge is 0.222 e. The Labute approximate surface area is 148 Å². The van der Waals surface area contributed by atoms with Crippen LogP contribution in [-0.4, -0.2) is 49.3 Å². The number of aryl methyl sites for hydroxylation is 3. The topological polar surface area (TPSA) is 87.7 Å². The first-order chi connectivity index (χ1) is 12.1. The van der Waals surface area contributed by atoms with Crippen LogP contribution in [0.15, 0.2) is 12.3 Å². The van der Waals surface area contributed by atoms with Crippen molar-refractivity contribution in [1.82, 2.24) is 30.3 Å². The Morgan fingerprint density at radius 3 is 2.56 bits per heavy atom. The van der Waals surface area contributed by atoms with Crippen molar-refractivity contribution >= 4 is 5.91 Å². The molecule has 1 saturated heterocycles. The van der Waals surface area contributed by atoms with E-state index >= 15 is 0 Å². The average molecular weight is 342 g/mol. The Hall–Kier alpha value is -2.31. The molecule has 2 aromatic heterocycles. The normalized spacial score (nSPS) is 15.5. The summed E-state index contributed by atoms with van der Waals surface area (Å²) >= 11 is 0. The molecule has 2 aromatic rings. The predicted octanol–water partition coefficient (Wildman–Crippen LogP) is 2.33. The maximum atomic E-state index is 12.4. The van der Waals surface area contributed by atoms with Gasteiger partial charge in [-0.15, -0.1) is 0 Å². The number of nitrogens with one attached hydrogen (secondary N) is 1. The quantitative estimate of drug-likeness (QED) is 0.814. The number of carbonyl (C=O) groups excluding carboxylic acids is 1. The lowest BCUT2D eigenvalue weighted by Gasteiger charge is -2.31. The average Bonchev–Trinajstić information content (AvgIpc) is 3.11. The number of aromatic nitrogens is 5. The van der Waals surface area contributed by atoms with Crippen molar-refractivity contribution in [2.75, 3.05) is 13.1 Å². The molecule has 0 radical (unpaired) electrons. The highest BCUT2D eigenvalue weighted by molar-refractivity contribution is 5.76. The number of rotatable bonds is 6. The van der Waals surface area contributed by atoms with Crippen LogP contribution in [0.5, 0.6) is 0 Å². The monoisotopic (exact) mass is 342 g/mol. The van der Waals surface area contributed by atoms with Crippen molar-refractivity contribution in [1.29, 1.82) is 0 Å². The number of amides is 1. The molecule has 0 aliphatic carbocycles. The minimum atomic E-state index is 0.264. The molecule has 25 heavy (non-hydrogen) atoms. The summed E-state index contributed by atoms with van der Waals surface area (Å²) in [6, 6.07) is 2.00. The molecule has 0 saturated carbocycles. The van der Waals surface area contributed by atoms with Crippen molar-refractivity contribution < 1.29 is 4.79 Å². The molecular weight excluding hydrogens is 316 g/mol. The van der Waals surface area contributed by atoms with Crippen LogP contribution in [0, 0.1) is 13.8 Å². The predicted molar refractivity (Wildman–Crippen MR) is 94.0 cm³/mol. The summed E-state index contributed by atoms with van der Waals surface area (Å²) in [5, 5.41) is 10.4. The van der Waals surface area contributed by atoms with Crippen molar-refractivity contribution in [3.8, 4) is 0 Å². The first-order valence-electron chi connectivity index (χ1n) is 9.06. The molecule has 0 bridgehead atoms. The summed E-state index contributed by atoms with van der Waals surface area (Å²) in [4.78, 5) is 23.5. The van der Waals surface area contributed by atoms with E-state index in [1.807, 2.05) is 24.8 Å². The number of aromatic amines is 1. The fraction of sp³-hybridized carbons (Fsp3) is 0.611. The van der Waals surface area contributed by atoms with E-state index in [0.29, 0.717) is 12.3 Å². The molecule has 0 unspecified atom stereocenters. The first-order valence-corrected chi connectivity index (χ1v) is 9.06. The van der Waals surface area contributed by atoms with E-state index in [1.165, 1.54) is 0 Å². The van der Waals surface area contributed by atoms with Crippen LogP contribution in [0.25, 0.3) is 0 Å². The molecule has 1 N–H and O–H groups in total. The number of hydrogen-bond donors (Lipinski definition) is 1. The summed E-state index contributed by atoms with van der Waals surface area (Å²) in [5.74, 6) is 1.58. The molecule has 0 atom stereocenters. The molecule has 1 aliphatic heterocycles. The lowest BCUT2D eigenvalue weighted by atomic mass is 9.95. The Morgan fingerprint density at radius 1 is 1.20 bits per heavy atom. The maximum Gasteiger partial charge on any atom is 0.222 e. The van der Waals surface area contributed by atoms with Crippen molar-refractivity contribution in [3.05, 3.63) is 35.2 Å². The molecule has 7 heteroatoms. The molecule has 1 amide bonds. The highest BCUT2D eigenvalue weighted by Crippen LogP contribution is 2.26. The van der Waals surface area contributed by atoms with Gasteiger partial charge in [0.15, 0.2) is 0 Å². The van der Waals surface area contributed by atoms with Gasteiger partial charge in [-0.2, -0.15) is 15.4 Å². The Bertz CT molecular complexity index is 671. The molecule has 3 heterocycles. The first kappa shape index (κ1) is 17.5. The third kappa shape index (κ3) is 4.84. The van der Waals surface area contributed by atoms with E-state index in [0.717, 1.165) is 68.1 Å². The van der Waals surface area contributed by atoms with Gasteiger partial charge >= 0.3 is 0 Å². The van der Waals surface area contributed by atoms with Gasteiger partial charge in [0.2, 0.25) is 5.91 Å². The molecule has 134 valence electrons. The molecule has 0 aromatic carbocycles. The largest absolute Gasteiger partial charge is 0.343 e. The summed E-state index contributed by atoms with van der Waals surface area (Å²) in [6.45, 7) is 5.64. The fourth-order valence-corrected chi connectivity index (χ4v) is 3.41. The number of nitrogens with zero attached hydrogens (tertiary/aromatic N) is 5. The van der Waals surface area contributed by atoms with E-state index in [1.54, 1.807) is 6.20 Å². The maximum absolute atomic E-state index is 12.4. The van der Waals surface area contributed by atoms with Gasteiger partial charge in [0, 0.05) is 36.8 Å². The highest BCUT2D eigenvalue weighted by Gasteiger charge is 2.25. The van der Waals surface area contributed by atoms with Crippen molar-refractivity contribution in [3.63, 3.8) is 0 Å². The van der Waals surface area contributed by atoms with Crippen molar-refractivity contribution in [2.45, 2.75) is 58.3 Å². The Kier molecular flexibility index (Phi) is 5.73. The number of carbonyl (C=O) groups is 1. The van der Waals surface area contributed by atoms with E-state index in [2.05, 4.69) is 25.4 Å². The molecule has 3 rings (SSSR count). The second kappa shape index (κ2) is 8.18.